The zero-order valence-electron chi connectivity index (χ0n) is 12.3. The van der Waals surface area contributed by atoms with Crippen LogP contribution in [0.2, 0.25) is 0 Å². The van der Waals surface area contributed by atoms with Crippen molar-refractivity contribution in [3.8, 4) is 0 Å². The smallest absolute Gasteiger partial charge is 0.308 e. The van der Waals surface area contributed by atoms with Crippen molar-refractivity contribution in [2.24, 2.45) is 5.92 Å². The van der Waals surface area contributed by atoms with E-state index in [1.54, 1.807) is 11.3 Å². The zero-order chi connectivity index (χ0) is 14.8. The van der Waals surface area contributed by atoms with Gasteiger partial charge in [-0.25, -0.2) is 0 Å². The van der Waals surface area contributed by atoms with E-state index in [1.165, 1.54) is 17.6 Å². The summed E-state index contributed by atoms with van der Waals surface area (Å²) in [6, 6.07) is 2.11. The predicted molar refractivity (Wildman–Crippen MR) is 81.3 cm³/mol. The Morgan fingerprint density at radius 2 is 2.05 bits per heavy atom. The van der Waals surface area contributed by atoms with E-state index in [9.17, 15) is 9.59 Å². The molecule has 1 aromatic rings. The lowest BCUT2D eigenvalue weighted by atomic mass is 9.86. The summed E-state index contributed by atoms with van der Waals surface area (Å²) in [4.78, 5) is 27.6. The molecular weight excluding hydrogens is 286 g/mol. The normalized spacial score (nSPS) is 22.7. The van der Waals surface area contributed by atoms with Gasteiger partial charge in [0, 0.05) is 18.0 Å². The zero-order valence-corrected chi connectivity index (χ0v) is 13.2. The molecule has 0 spiro atoms. The molecule has 1 amide bonds. The SMILES string of the molecule is COC(=O)C1CCN(C(=O)C2CCCc3sccc32)CC1. The highest BCUT2D eigenvalue weighted by molar-refractivity contribution is 7.10. The Morgan fingerprint density at radius 3 is 2.76 bits per heavy atom. The van der Waals surface area contributed by atoms with E-state index in [0.717, 1.165) is 32.1 Å². The van der Waals surface area contributed by atoms with Gasteiger partial charge in [0.05, 0.1) is 18.9 Å². The van der Waals surface area contributed by atoms with Gasteiger partial charge >= 0.3 is 5.97 Å². The van der Waals surface area contributed by atoms with Crippen molar-refractivity contribution >= 4 is 23.2 Å². The van der Waals surface area contributed by atoms with E-state index >= 15 is 0 Å². The van der Waals surface area contributed by atoms with Crippen LogP contribution in [-0.4, -0.2) is 37.0 Å². The number of amides is 1. The summed E-state index contributed by atoms with van der Waals surface area (Å²) in [7, 11) is 1.43. The van der Waals surface area contributed by atoms with Crippen LogP contribution in [0.5, 0.6) is 0 Å². The summed E-state index contributed by atoms with van der Waals surface area (Å²) in [5.41, 5.74) is 1.24. The minimum atomic E-state index is -0.139. The molecule has 3 rings (SSSR count). The minimum absolute atomic E-state index is 0.0367. The number of aryl methyl sites for hydroxylation is 1. The summed E-state index contributed by atoms with van der Waals surface area (Å²) in [6.07, 6.45) is 4.62. The van der Waals surface area contributed by atoms with Crippen LogP contribution >= 0.6 is 11.3 Å². The van der Waals surface area contributed by atoms with Crippen molar-refractivity contribution in [1.29, 1.82) is 0 Å². The number of rotatable bonds is 2. The Kier molecular flexibility index (Phi) is 4.29. The van der Waals surface area contributed by atoms with Crippen molar-refractivity contribution < 1.29 is 14.3 Å². The molecule has 2 aliphatic rings. The first-order valence-electron chi connectivity index (χ1n) is 7.63. The molecule has 0 radical (unpaired) electrons. The molecule has 21 heavy (non-hydrogen) atoms. The quantitative estimate of drug-likeness (QED) is 0.789. The first-order valence-corrected chi connectivity index (χ1v) is 8.51. The Hall–Kier alpha value is -1.36. The first kappa shape index (κ1) is 14.6. The van der Waals surface area contributed by atoms with Crippen molar-refractivity contribution in [2.45, 2.75) is 38.0 Å². The second kappa shape index (κ2) is 6.18. The summed E-state index contributed by atoms with van der Waals surface area (Å²) >= 11 is 1.77. The van der Waals surface area contributed by atoms with Gasteiger partial charge in [0.15, 0.2) is 0 Å². The van der Waals surface area contributed by atoms with E-state index in [0.29, 0.717) is 13.1 Å². The summed E-state index contributed by atoms with van der Waals surface area (Å²) in [5.74, 6) is 0.106. The van der Waals surface area contributed by atoms with Gasteiger partial charge in [-0.1, -0.05) is 0 Å². The van der Waals surface area contributed by atoms with Crippen LogP contribution in [0.25, 0.3) is 0 Å². The maximum atomic E-state index is 12.8. The monoisotopic (exact) mass is 307 g/mol. The Bertz CT molecular complexity index is 531. The number of piperidine rings is 1. The molecule has 114 valence electrons. The topological polar surface area (TPSA) is 46.6 Å². The Labute approximate surface area is 129 Å². The van der Waals surface area contributed by atoms with Gasteiger partial charge in [-0.2, -0.15) is 0 Å². The lowest BCUT2D eigenvalue weighted by Crippen LogP contribution is -2.43. The molecule has 1 aliphatic carbocycles. The molecule has 0 saturated carbocycles. The Balaban J connectivity index is 1.64. The van der Waals surface area contributed by atoms with Crippen molar-refractivity contribution in [3.63, 3.8) is 0 Å². The largest absolute Gasteiger partial charge is 0.469 e. The second-order valence-corrected chi connectivity index (χ2v) is 6.87. The number of ether oxygens (including phenoxy) is 1. The molecule has 1 aromatic heterocycles. The molecule has 1 fully saturated rings. The molecule has 5 heteroatoms. The number of fused-ring (bicyclic) bond motifs is 1. The van der Waals surface area contributed by atoms with Gasteiger partial charge in [-0.15, -0.1) is 11.3 Å². The maximum absolute atomic E-state index is 12.8. The van der Waals surface area contributed by atoms with Crippen LogP contribution < -0.4 is 0 Å². The van der Waals surface area contributed by atoms with Gasteiger partial charge < -0.3 is 9.64 Å². The van der Waals surface area contributed by atoms with Crippen molar-refractivity contribution in [3.05, 3.63) is 21.9 Å². The van der Waals surface area contributed by atoms with Gasteiger partial charge in [-0.05, 0) is 49.1 Å². The van der Waals surface area contributed by atoms with Crippen LogP contribution in [0.4, 0.5) is 0 Å². The second-order valence-electron chi connectivity index (χ2n) is 5.87. The third-order valence-electron chi connectivity index (χ3n) is 4.69. The fourth-order valence-electron chi connectivity index (χ4n) is 3.47. The van der Waals surface area contributed by atoms with Gasteiger partial charge in [0.2, 0.25) is 5.91 Å². The van der Waals surface area contributed by atoms with E-state index in [-0.39, 0.29) is 23.7 Å². The lowest BCUT2D eigenvalue weighted by Gasteiger charge is -2.34. The Morgan fingerprint density at radius 1 is 1.29 bits per heavy atom. The lowest BCUT2D eigenvalue weighted by molar-refractivity contribution is -0.149. The third kappa shape index (κ3) is 2.84. The van der Waals surface area contributed by atoms with Crippen molar-refractivity contribution in [2.75, 3.05) is 20.2 Å². The van der Waals surface area contributed by atoms with Crippen LogP contribution in [0.3, 0.4) is 0 Å². The predicted octanol–water partition coefficient (Wildman–Crippen LogP) is 2.58. The molecule has 1 atom stereocenters. The molecular formula is C16H21NO3S. The third-order valence-corrected chi connectivity index (χ3v) is 5.69. The molecule has 0 aromatic carbocycles. The summed E-state index contributed by atoms with van der Waals surface area (Å²) in [6.45, 7) is 1.35. The van der Waals surface area contributed by atoms with Crippen LogP contribution in [0, 0.1) is 5.92 Å². The number of esters is 1. The average Bonchev–Trinajstić information content (AvgIpc) is 3.02. The number of nitrogens with zero attached hydrogens (tertiary/aromatic N) is 1. The molecule has 1 aliphatic heterocycles. The number of methoxy groups -OCH3 is 1. The highest BCUT2D eigenvalue weighted by atomic mass is 32.1. The van der Waals surface area contributed by atoms with Gasteiger partial charge in [0.1, 0.15) is 0 Å². The number of carbonyl (C=O) groups excluding carboxylic acids is 2. The van der Waals surface area contributed by atoms with Crippen LogP contribution in [0.1, 0.15) is 42.0 Å². The standard InChI is InChI=1S/C16H21NO3S/c1-20-16(19)11-5-8-17(9-6-11)15(18)13-3-2-4-14-12(13)7-10-21-14/h7,10-11,13H,2-6,8-9H2,1H3. The highest BCUT2D eigenvalue weighted by Crippen LogP contribution is 2.36. The first-order chi connectivity index (χ1) is 10.2. The summed E-state index contributed by atoms with van der Waals surface area (Å²) in [5, 5.41) is 2.10. The van der Waals surface area contributed by atoms with E-state index in [4.69, 9.17) is 4.74 Å². The number of likely N-dealkylation sites (tertiary alicyclic amines) is 1. The number of carbonyl (C=O) groups is 2. The van der Waals surface area contributed by atoms with E-state index in [1.807, 2.05) is 4.90 Å². The molecule has 1 saturated heterocycles. The van der Waals surface area contributed by atoms with Gasteiger partial charge in [-0.3, -0.25) is 9.59 Å². The van der Waals surface area contributed by atoms with Crippen molar-refractivity contribution in [1.82, 2.24) is 4.90 Å². The molecule has 2 heterocycles. The van der Waals surface area contributed by atoms with E-state index < -0.39 is 0 Å². The van der Waals surface area contributed by atoms with Crippen LogP contribution in [-0.2, 0) is 20.7 Å². The van der Waals surface area contributed by atoms with Gasteiger partial charge in [0.25, 0.3) is 0 Å². The fourth-order valence-corrected chi connectivity index (χ4v) is 4.45. The molecule has 1 unspecified atom stereocenters. The molecule has 0 bridgehead atoms. The average molecular weight is 307 g/mol. The maximum Gasteiger partial charge on any atom is 0.308 e. The molecule has 0 N–H and O–H groups in total. The summed E-state index contributed by atoms with van der Waals surface area (Å²) < 4.78 is 4.80. The number of hydrogen-bond donors (Lipinski definition) is 0. The highest BCUT2D eigenvalue weighted by Gasteiger charge is 2.34. The minimum Gasteiger partial charge on any atom is -0.469 e. The number of thiophene rings is 1. The van der Waals surface area contributed by atoms with E-state index in [2.05, 4.69) is 11.4 Å². The van der Waals surface area contributed by atoms with Crippen LogP contribution in [0.15, 0.2) is 11.4 Å². The number of hydrogen-bond acceptors (Lipinski definition) is 4. The fraction of sp³-hybridized carbons (Fsp3) is 0.625. The molecule has 4 nitrogen and oxygen atoms in total.